The van der Waals surface area contributed by atoms with Gasteiger partial charge in [-0.1, -0.05) is 41.5 Å². The second-order valence-electron chi connectivity index (χ2n) is 11.1. The van der Waals surface area contributed by atoms with Crippen molar-refractivity contribution in [3.05, 3.63) is 0 Å². The summed E-state index contributed by atoms with van der Waals surface area (Å²) in [5, 5.41) is 5.25. The van der Waals surface area contributed by atoms with Crippen LogP contribution in [-0.2, 0) is 19.0 Å². The Bertz CT molecular complexity index is 721. The van der Waals surface area contributed by atoms with Crippen LogP contribution in [0.1, 0.15) is 68.7 Å². The maximum Gasteiger partial charge on any atom is 0.408 e. The summed E-state index contributed by atoms with van der Waals surface area (Å²) in [6.07, 6.45) is -2.88. The Morgan fingerprint density at radius 2 is 1.29 bits per heavy atom. The highest BCUT2D eigenvalue weighted by Crippen LogP contribution is 2.49. The first-order valence-corrected chi connectivity index (χ1v) is 11.1. The normalized spacial score (nSPS) is 14.4. The standard InChI is InChI=1S/C22H43N5O7/c1-19(2,3)22(20(4,5)6,33-17(25)30)14(12-32-16(24)29)27-15(28)13(10-11-23)26-18(31)34-21(7,8)9/h13-14H,10-12,23H2,1-9H3,(H2,24,29)(H2,25,30)(H,26,31)(H,27,28)/t13-,14?/m0/s1. The Labute approximate surface area is 202 Å². The summed E-state index contributed by atoms with van der Waals surface area (Å²) < 4.78 is 16.0. The average molecular weight is 490 g/mol. The Hall–Kier alpha value is -2.76. The van der Waals surface area contributed by atoms with Crippen molar-refractivity contribution < 1.29 is 33.4 Å². The molecule has 2 atom stereocenters. The molecule has 0 radical (unpaired) electrons. The van der Waals surface area contributed by atoms with E-state index in [4.69, 9.17) is 31.4 Å². The Morgan fingerprint density at radius 3 is 1.65 bits per heavy atom. The lowest BCUT2D eigenvalue weighted by Gasteiger charge is -2.55. The number of hydrogen-bond acceptors (Lipinski definition) is 8. The molecule has 0 aliphatic rings. The number of ether oxygens (including phenoxy) is 3. The van der Waals surface area contributed by atoms with Gasteiger partial charge in [-0.2, -0.15) is 0 Å². The van der Waals surface area contributed by atoms with E-state index in [-0.39, 0.29) is 13.0 Å². The molecule has 12 nitrogen and oxygen atoms in total. The lowest BCUT2D eigenvalue weighted by Crippen LogP contribution is -2.70. The van der Waals surface area contributed by atoms with Gasteiger partial charge in [-0.25, -0.2) is 14.4 Å². The molecular weight excluding hydrogens is 446 g/mol. The molecule has 198 valence electrons. The maximum absolute atomic E-state index is 13.3. The molecule has 0 saturated carbocycles. The zero-order valence-corrected chi connectivity index (χ0v) is 21.9. The summed E-state index contributed by atoms with van der Waals surface area (Å²) in [4.78, 5) is 49.0. The van der Waals surface area contributed by atoms with Crippen LogP contribution in [0.15, 0.2) is 0 Å². The van der Waals surface area contributed by atoms with Gasteiger partial charge in [-0.3, -0.25) is 4.79 Å². The van der Waals surface area contributed by atoms with Gasteiger partial charge in [0.15, 0.2) is 0 Å². The van der Waals surface area contributed by atoms with Gasteiger partial charge in [0.1, 0.15) is 29.9 Å². The van der Waals surface area contributed by atoms with Crippen molar-refractivity contribution in [2.45, 2.75) is 92.0 Å². The van der Waals surface area contributed by atoms with Crippen LogP contribution in [0, 0.1) is 10.8 Å². The van der Waals surface area contributed by atoms with Gasteiger partial charge in [0, 0.05) is 10.8 Å². The van der Waals surface area contributed by atoms with Gasteiger partial charge in [0.05, 0.1) is 0 Å². The molecule has 0 heterocycles. The molecule has 0 rings (SSSR count). The van der Waals surface area contributed by atoms with Crippen molar-refractivity contribution in [1.29, 1.82) is 0 Å². The smallest absolute Gasteiger partial charge is 0.408 e. The molecule has 0 aliphatic carbocycles. The lowest BCUT2D eigenvalue weighted by atomic mass is 9.59. The second kappa shape index (κ2) is 11.6. The number of carbonyl (C=O) groups is 4. The summed E-state index contributed by atoms with van der Waals surface area (Å²) in [6.45, 7) is 15.5. The molecule has 0 spiro atoms. The fourth-order valence-corrected chi connectivity index (χ4v) is 4.29. The lowest BCUT2D eigenvalue weighted by molar-refractivity contribution is -0.170. The minimum Gasteiger partial charge on any atom is -0.447 e. The van der Waals surface area contributed by atoms with Crippen LogP contribution in [0.5, 0.6) is 0 Å². The molecule has 8 N–H and O–H groups in total. The fourth-order valence-electron chi connectivity index (χ4n) is 4.29. The van der Waals surface area contributed by atoms with Crippen molar-refractivity contribution in [2.24, 2.45) is 28.0 Å². The number of nitrogens with two attached hydrogens (primary N) is 3. The van der Waals surface area contributed by atoms with Crippen molar-refractivity contribution >= 4 is 24.2 Å². The van der Waals surface area contributed by atoms with Crippen LogP contribution in [0.3, 0.4) is 0 Å². The van der Waals surface area contributed by atoms with E-state index in [0.29, 0.717) is 0 Å². The molecule has 0 aromatic rings. The summed E-state index contributed by atoms with van der Waals surface area (Å²) >= 11 is 0. The maximum atomic E-state index is 13.3. The molecule has 12 heteroatoms. The minimum absolute atomic E-state index is 0.0812. The van der Waals surface area contributed by atoms with Gasteiger partial charge in [0.25, 0.3) is 0 Å². The molecule has 34 heavy (non-hydrogen) atoms. The van der Waals surface area contributed by atoms with Gasteiger partial charge in [-0.05, 0) is 33.7 Å². The molecule has 0 aromatic carbocycles. The first-order valence-electron chi connectivity index (χ1n) is 11.1. The summed E-state index contributed by atoms with van der Waals surface area (Å²) in [6, 6.07) is -2.18. The minimum atomic E-state index is -1.48. The monoisotopic (exact) mass is 489 g/mol. The average Bonchev–Trinajstić information content (AvgIpc) is 2.58. The van der Waals surface area contributed by atoms with E-state index in [2.05, 4.69) is 10.6 Å². The van der Waals surface area contributed by atoms with E-state index < -0.39 is 64.9 Å². The SMILES string of the molecule is CC(C)(C)OC(=O)N[C@@H](CCN)C(=O)NC(COC(N)=O)C(OC(N)=O)(C(C)(C)C)C(C)(C)C. The number of rotatable bonds is 9. The predicted molar refractivity (Wildman–Crippen MR) is 127 cm³/mol. The number of alkyl carbamates (subject to hydrolysis) is 1. The Morgan fingerprint density at radius 1 is 0.794 bits per heavy atom. The van der Waals surface area contributed by atoms with E-state index in [1.54, 1.807) is 62.3 Å². The number of hydrogen-bond donors (Lipinski definition) is 5. The topological polar surface area (TPSA) is 198 Å². The Kier molecular flexibility index (Phi) is 10.6. The Balaban J connectivity index is 6.37. The highest BCUT2D eigenvalue weighted by Gasteiger charge is 2.60. The third kappa shape index (κ3) is 8.88. The molecule has 0 aromatic heterocycles. The second-order valence-corrected chi connectivity index (χ2v) is 11.1. The van der Waals surface area contributed by atoms with Crippen LogP contribution in [0.4, 0.5) is 14.4 Å². The highest BCUT2D eigenvalue weighted by molar-refractivity contribution is 5.86. The van der Waals surface area contributed by atoms with E-state index in [0.717, 1.165) is 0 Å². The van der Waals surface area contributed by atoms with Gasteiger partial charge >= 0.3 is 18.3 Å². The van der Waals surface area contributed by atoms with Gasteiger partial charge in [0.2, 0.25) is 5.91 Å². The van der Waals surface area contributed by atoms with E-state index in [1.165, 1.54) is 0 Å². The van der Waals surface area contributed by atoms with Crippen LogP contribution in [0.2, 0.25) is 0 Å². The van der Waals surface area contributed by atoms with Crippen molar-refractivity contribution in [2.75, 3.05) is 13.2 Å². The van der Waals surface area contributed by atoms with Crippen LogP contribution >= 0.6 is 0 Å². The first-order chi connectivity index (χ1) is 15.2. The van der Waals surface area contributed by atoms with Gasteiger partial charge < -0.3 is 42.0 Å². The summed E-state index contributed by atoms with van der Waals surface area (Å²) in [5.74, 6) is -0.652. The van der Waals surface area contributed by atoms with E-state index in [9.17, 15) is 19.2 Å². The third-order valence-electron chi connectivity index (χ3n) is 5.15. The molecule has 0 bridgehead atoms. The molecule has 0 fully saturated rings. The largest absolute Gasteiger partial charge is 0.447 e. The number of carbonyl (C=O) groups excluding carboxylic acids is 4. The van der Waals surface area contributed by atoms with Crippen molar-refractivity contribution in [3.8, 4) is 0 Å². The summed E-state index contributed by atoms with van der Waals surface area (Å²) in [5.41, 5.74) is 12.4. The third-order valence-corrected chi connectivity index (χ3v) is 5.15. The van der Waals surface area contributed by atoms with E-state index in [1.807, 2.05) is 0 Å². The fraction of sp³-hybridized carbons (Fsp3) is 0.818. The summed E-state index contributed by atoms with van der Waals surface area (Å²) in [7, 11) is 0. The molecule has 4 amide bonds. The number of nitrogens with one attached hydrogen (secondary N) is 2. The van der Waals surface area contributed by atoms with Crippen molar-refractivity contribution in [1.82, 2.24) is 10.6 Å². The highest BCUT2D eigenvalue weighted by atomic mass is 16.6. The molecular formula is C22H43N5O7. The predicted octanol–water partition coefficient (Wildman–Crippen LogP) is 1.73. The van der Waals surface area contributed by atoms with Gasteiger partial charge in [-0.15, -0.1) is 0 Å². The van der Waals surface area contributed by atoms with Crippen LogP contribution in [-0.4, -0.2) is 60.6 Å². The molecule has 0 saturated heterocycles. The first kappa shape index (κ1) is 31.2. The zero-order chi connectivity index (χ0) is 27.1. The van der Waals surface area contributed by atoms with Crippen LogP contribution < -0.4 is 27.8 Å². The van der Waals surface area contributed by atoms with Crippen LogP contribution in [0.25, 0.3) is 0 Å². The zero-order valence-electron chi connectivity index (χ0n) is 21.9. The number of primary amides is 2. The molecule has 1 unspecified atom stereocenters. The molecule has 0 aliphatic heterocycles. The quantitative estimate of drug-likeness (QED) is 0.301. The number of amides is 4. The van der Waals surface area contributed by atoms with Crippen molar-refractivity contribution in [3.63, 3.8) is 0 Å². The van der Waals surface area contributed by atoms with E-state index >= 15 is 0 Å².